The molecular weight excluding hydrogens is 400 g/mol. The van der Waals surface area contributed by atoms with Crippen molar-refractivity contribution < 1.29 is 9.18 Å². The van der Waals surface area contributed by atoms with Crippen molar-refractivity contribution in [3.8, 4) is 5.69 Å². The Kier molecular flexibility index (Phi) is 5.19. The van der Waals surface area contributed by atoms with Crippen LogP contribution in [-0.2, 0) is 0 Å². The third kappa shape index (κ3) is 3.28. The summed E-state index contributed by atoms with van der Waals surface area (Å²) < 4.78 is 14.5. The van der Waals surface area contributed by atoms with Crippen LogP contribution in [0.2, 0.25) is 15.1 Å². The van der Waals surface area contributed by atoms with Crippen molar-refractivity contribution in [1.29, 1.82) is 0 Å². The van der Waals surface area contributed by atoms with Crippen molar-refractivity contribution in [2.45, 2.75) is 6.92 Å². The Hall–Kier alpha value is -2.14. The molecule has 3 nitrogen and oxygen atoms in total. The highest BCUT2D eigenvalue weighted by atomic mass is 35.5. The molecule has 0 saturated carbocycles. The second-order valence-electron chi connectivity index (χ2n) is 5.53. The highest BCUT2D eigenvalue weighted by molar-refractivity contribution is 6.38. The van der Waals surface area contributed by atoms with Gasteiger partial charge in [0.1, 0.15) is 5.82 Å². The van der Waals surface area contributed by atoms with Gasteiger partial charge in [0.05, 0.1) is 20.8 Å². The molecule has 132 valence electrons. The van der Waals surface area contributed by atoms with Crippen molar-refractivity contribution in [3.05, 3.63) is 96.6 Å². The van der Waals surface area contributed by atoms with Crippen LogP contribution in [0.15, 0.2) is 53.3 Å². The van der Waals surface area contributed by atoms with Gasteiger partial charge >= 0.3 is 0 Å². The van der Waals surface area contributed by atoms with Crippen molar-refractivity contribution >= 4 is 40.6 Å². The highest BCUT2D eigenvalue weighted by Gasteiger charge is 2.20. The predicted molar refractivity (Wildman–Crippen MR) is 102 cm³/mol. The number of carbonyl (C=O) groups excluding carboxylic acids is 1. The first-order chi connectivity index (χ1) is 12.3. The first kappa shape index (κ1) is 18.6. The summed E-state index contributed by atoms with van der Waals surface area (Å²) in [5.41, 5.74) is 0.607. The number of hydrogen-bond acceptors (Lipinski definition) is 2. The molecule has 0 radical (unpaired) electrons. The number of ketones is 1. The summed E-state index contributed by atoms with van der Waals surface area (Å²) in [4.78, 5) is 25.3. The standard InChI is InChI=1S/C19H11Cl3FNO2/c1-10-12(19(26)13-6-5-11(23)9-16(13)22)7-8-17(25)24(10)18-14(20)3-2-4-15(18)21/h2-9H,1H3. The topological polar surface area (TPSA) is 39.1 Å². The molecule has 0 bridgehead atoms. The van der Waals surface area contributed by atoms with E-state index in [4.69, 9.17) is 34.8 Å². The molecule has 0 aliphatic heterocycles. The Bertz CT molecular complexity index is 1070. The number of pyridine rings is 1. The van der Waals surface area contributed by atoms with Gasteiger partial charge in [-0.05, 0) is 43.3 Å². The molecule has 0 saturated heterocycles. The van der Waals surface area contributed by atoms with Gasteiger partial charge in [0, 0.05) is 22.9 Å². The summed E-state index contributed by atoms with van der Waals surface area (Å²) in [6.07, 6.45) is 0. The molecule has 0 aliphatic rings. The fraction of sp³-hybridized carbons (Fsp3) is 0.0526. The predicted octanol–water partition coefficient (Wildman–Crippen LogP) is 5.48. The van der Waals surface area contributed by atoms with Crippen LogP contribution in [0.5, 0.6) is 0 Å². The van der Waals surface area contributed by atoms with Gasteiger partial charge in [-0.2, -0.15) is 0 Å². The first-order valence-electron chi connectivity index (χ1n) is 7.48. The zero-order chi connectivity index (χ0) is 19.0. The van der Waals surface area contributed by atoms with Crippen LogP contribution in [0.25, 0.3) is 5.69 Å². The minimum absolute atomic E-state index is 0.0112. The Balaban J connectivity index is 2.23. The van der Waals surface area contributed by atoms with Crippen molar-refractivity contribution in [3.63, 3.8) is 0 Å². The van der Waals surface area contributed by atoms with Gasteiger partial charge in [-0.3, -0.25) is 14.2 Å². The van der Waals surface area contributed by atoms with Crippen LogP contribution in [0.1, 0.15) is 21.6 Å². The van der Waals surface area contributed by atoms with Crippen molar-refractivity contribution in [1.82, 2.24) is 4.57 Å². The molecule has 3 aromatic rings. The molecule has 7 heteroatoms. The third-order valence-electron chi connectivity index (χ3n) is 3.92. The van der Waals surface area contributed by atoms with E-state index in [9.17, 15) is 14.0 Å². The van der Waals surface area contributed by atoms with E-state index < -0.39 is 11.6 Å². The molecule has 0 aliphatic carbocycles. The number of nitrogens with zero attached hydrogens (tertiary/aromatic N) is 1. The van der Waals surface area contributed by atoms with E-state index in [1.165, 1.54) is 22.8 Å². The zero-order valence-electron chi connectivity index (χ0n) is 13.4. The zero-order valence-corrected chi connectivity index (χ0v) is 15.7. The summed E-state index contributed by atoms with van der Waals surface area (Å²) in [5, 5.41) is 0.530. The summed E-state index contributed by atoms with van der Waals surface area (Å²) >= 11 is 18.4. The maximum absolute atomic E-state index is 13.2. The normalized spacial score (nSPS) is 10.8. The molecule has 2 aromatic carbocycles. The fourth-order valence-corrected chi connectivity index (χ4v) is 3.49. The van der Waals surface area contributed by atoms with Gasteiger partial charge < -0.3 is 0 Å². The monoisotopic (exact) mass is 409 g/mol. The van der Waals surface area contributed by atoms with Crippen LogP contribution in [0, 0.1) is 12.7 Å². The minimum Gasteiger partial charge on any atom is -0.288 e. The van der Waals surface area contributed by atoms with Crippen molar-refractivity contribution in [2.75, 3.05) is 0 Å². The molecule has 0 atom stereocenters. The Morgan fingerprint density at radius 2 is 1.54 bits per heavy atom. The molecule has 26 heavy (non-hydrogen) atoms. The lowest BCUT2D eigenvalue weighted by Gasteiger charge is -2.16. The molecule has 1 aromatic heterocycles. The van der Waals surface area contributed by atoms with Crippen molar-refractivity contribution in [2.24, 2.45) is 0 Å². The summed E-state index contributed by atoms with van der Waals surface area (Å²) in [6.45, 7) is 1.60. The van der Waals surface area contributed by atoms with E-state index in [0.29, 0.717) is 5.69 Å². The van der Waals surface area contributed by atoms with E-state index in [-0.39, 0.29) is 37.4 Å². The average Bonchev–Trinajstić information content (AvgIpc) is 2.57. The maximum atomic E-state index is 13.2. The smallest absolute Gasteiger partial charge is 0.255 e. The first-order valence-corrected chi connectivity index (χ1v) is 8.61. The quantitative estimate of drug-likeness (QED) is 0.537. The SMILES string of the molecule is Cc1c(C(=O)c2ccc(F)cc2Cl)ccc(=O)n1-c1c(Cl)cccc1Cl. The fourth-order valence-electron chi connectivity index (χ4n) is 2.67. The summed E-state index contributed by atoms with van der Waals surface area (Å²) in [7, 11) is 0. The Labute approximate surface area is 163 Å². The lowest BCUT2D eigenvalue weighted by atomic mass is 10.0. The maximum Gasteiger partial charge on any atom is 0.255 e. The van der Waals surface area contributed by atoms with Gasteiger partial charge in [0.25, 0.3) is 5.56 Å². The Morgan fingerprint density at radius 3 is 2.15 bits per heavy atom. The van der Waals surface area contributed by atoms with Crippen LogP contribution in [0.3, 0.4) is 0 Å². The van der Waals surface area contributed by atoms with Gasteiger partial charge in [0.15, 0.2) is 5.78 Å². The Morgan fingerprint density at radius 1 is 0.923 bits per heavy atom. The number of halogens is 4. The lowest BCUT2D eigenvalue weighted by Crippen LogP contribution is -2.23. The second-order valence-corrected chi connectivity index (χ2v) is 6.75. The molecule has 0 spiro atoms. The van der Waals surface area contributed by atoms with E-state index in [0.717, 1.165) is 12.1 Å². The molecule has 0 N–H and O–H groups in total. The van der Waals surface area contributed by atoms with Crippen LogP contribution in [-0.4, -0.2) is 10.4 Å². The van der Waals surface area contributed by atoms with E-state index in [1.54, 1.807) is 25.1 Å². The van der Waals surface area contributed by atoms with E-state index in [1.807, 2.05) is 0 Å². The highest BCUT2D eigenvalue weighted by Crippen LogP contribution is 2.29. The minimum atomic E-state index is -0.545. The number of para-hydroxylation sites is 1. The molecular formula is C19H11Cl3FNO2. The van der Waals surface area contributed by atoms with Crippen LogP contribution in [0.4, 0.5) is 4.39 Å². The molecule has 0 fully saturated rings. The molecule has 3 rings (SSSR count). The second kappa shape index (κ2) is 7.23. The molecule has 0 unspecified atom stereocenters. The number of benzene rings is 2. The van der Waals surface area contributed by atoms with Crippen LogP contribution >= 0.6 is 34.8 Å². The summed E-state index contributed by atoms with van der Waals surface area (Å²) in [6, 6.07) is 11.0. The van der Waals surface area contributed by atoms with E-state index in [2.05, 4.69) is 0 Å². The number of carbonyl (C=O) groups is 1. The van der Waals surface area contributed by atoms with Gasteiger partial charge in [-0.15, -0.1) is 0 Å². The molecule has 1 heterocycles. The largest absolute Gasteiger partial charge is 0.288 e. The lowest BCUT2D eigenvalue weighted by molar-refractivity contribution is 0.103. The summed E-state index contributed by atoms with van der Waals surface area (Å²) in [5.74, 6) is -0.986. The van der Waals surface area contributed by atoms with Gasteiger partial charge in [-0.25, -0.2) is 4.39 Å². The average molecular weight is 411 g/mol. The van der Waals surface area contributed by atoms with E-state index >= 15 is 0 Å². The third-order valence-corrected chi connectivity index (χ3v) is 4.84. The number of rotatable bonds is 3. The van der Waals surface area contributed by atoms with Crippen LogP contribution < -0.4 is 5.56 Å². The number of aromatic nitrogens is 1. The van der Waals surface area contributed by atoms with Gasteiger partial charge in [0.2, 0.25) is 0 Å². The molecule has 0 amide bonds. The van der Waals surface area contributed by atoms with Gasteiger partial charge in [-0.1, -0.05) is 40.9 Å². The number of hydrogen-bond donors (Lipinski definition) is 0.